The SMILES string of the molecule is CC(=O)c1ccccc1Oc1cc(F)ccc1F. The van der Waals surface area contributed by atoms with E-state index >= 15 is 0 Å². The molecule has 0 aliphatic heterocycles. The molecular weight excluding hydrogens is 238 g/mol. The third-order valence-electron chi connectivity index (χ3n) is 2.38. The Morgan fingerprint density at radius 1 is 1.06 bits per heavy atom. The van der Waals surface area contributed by atoms with Crippen molar-refractivity contribution in [3.63, 3.8) is 0 Å². The van der Waals surface area contributed by atoms with Crippen LogP contribution < -0.4 is 4.74 Å². The average Bonchev–Trinajstić information content (AvgIpc) is 2.34. The Morgan fingerprint density at radius 3 is 2.50 bits per heavy atom. The second-order valence-corrected chi connectivity index (χ2v) is 3.73. The molecule has 4 heteroatoms. The highest BCUT2D eigenvalue weighted by atomic mass is 19.1. The van der Waals surface area contributed by atoms with Gasteiger partial charge in [-0.1, -0.05) is 12.1 Å². The Bertz CT molecular complexity index is 594. The first-order chi connectivity index (χ1) is 8.58. The summed E-state index contributed by atoms with van der Waals surface area (Å²) < 4.78 is 31.7. The summed E-state index contributed by atoms with van der Waals surface area (Å²) in [5.74, 6) is -1.54. The predicted molar refractivity (Wildman–Crippen MR) is 62.9 cm³/mol. The van der Waals surface area contributed by atoms with Crippen LogP contribution in [0.3, 0.4) is 0 Å². The van der Waals surface area contributed by atoms with E-state index < -0.39 is 11.6 Å². The lowest BCUT2D eigenvalue weighted by Crippen LogP contribution is -1.98. The summed E-state index contributed by atoms with van der Waals surface area (Å²) in [7, 11) is 0. The highest BCUT2D eigenvalue weighted by Gasteiger charge is 2.11. The van der Waals surface area contributed by atoms with E-state index in [2.05, 4.69) is 0 Å². The molecule has 0 saturated carbocycles. The lowest BCUT2D eigenvalue weighted by atomic mass is 10.1. The molecule has 0 aliphatic carbocycles. The number of hydrogen-bond acceptors (Lipinski definition) is 2. The van der Waals surface area contributed by atoms with Crippen molar-refractivity contribution in [1.82, 2.24) is 0 Å². The first kappa shape index (κ1) is 12.2. The molecule has 0 spiro atoms. The van der Waals surface area contributed by atoms with E-state index in [4.69, 9.17) is 4.74 Å². The lowest BCUT2D eigenvalue weighted by Gasteiger charge is -2.09. The van der Waals surface area contributed by atoms with E-state index in [1.165, 1.54) is 13.0 Å². The maximum Gasteiger partial charge on any atom is 0.166 e. The van der Waals surface area contributed by atoms with Crippen LogP contribution in [-0.2, 0) is 0 Å². The zero-order valence-corrected chi connectivity index (χ0v) is 9.61. The number of ether oxygens (including phenoxy) is 1. The third kappa shape index (κ3) is 2.53. The summed E-state index contributed by atoms with van der Waals surface area (Å²) in [6.45, 7) is 1.38. The van der Waals surface area contributed by atoms with Gasteiger partial charge in [-0.3, -0.25) is 4.79 Å². The van der Waals surface area contributed by atoms with Gasteiger partial charge in [-0.15, -0.1) is 0 Å². The predicted octanol–water partition coefficient (Wildman–Crippen LogP) is 3.96. The van der Waals surface area contributed by atoms with Gasteiger partial charge in [-0.05, 0) is 31.2 Å². The molecule has 0 bridgehead atoms. The van der Waals surface area contributed by atoms with Gasteiger partial charge in [0.1, 0.15) is 11.6 Å². The van der Waals surface area contributed by atoms with Crippen LogP contribution in [0, 0.1) is 11.6 Å². The lowest BCUT2D eigenvalue weighted by molar-refractivity contribution is 0.101. The molecule has 18 heavy (non-hydrogen) atoms. The summed E-state index contributed by atoms with van der Waals surface area (Å²) >= 11 is 0. The zero-order chi connectivity index (χ0) is 13.1. The Balaban J connectivity index is 2.40. The van der Waals surface area contributed by atoms with Crippen LogP contribution in [0.4, 0.5) is 8.78 Å². The standard InChI is InChI=1S/C14H10F2O2/c1-9(17)11-4-2-3-5-13(11)18-14-8-10(15)6-7-12(14)16/h2-8H,1H3. The summed E-state index contributed by atoms with van der Waals surface area (Å²) in [4.78, 5) is 11.4. The number of rotatable bonds is 3. The number of hydrogen-bond donors (Lipinski definition) is 0. The average molecular weight is 248 g/mol. The largest absolute Gasteiger partial charge is 0.453 e. The van der Waals surface area contributed by atoms with Crippen molar-refractivity contribution in [3.8, 4) is 11.5 Å². The van der Waals surface area contributed by atoms with Crippen LogP contribution in [0.2, 0.25) is 0 Å². The van der Waals surface area contributed by atoms with Gasteiger partial charge >= 0.3 is 0 Å². The highest BCUT2D eigenvalue weighted by Crippen LogP contribution is 2.28. The number of para-hydroxylation sites is 1. The minimum atomic E-state index is -0.685. The summed E-state index contributed by atoms with van der Waals surface area (Å²) in [6.07, 6.45) is 0. The fraction of sp³-hybridized carbons (Fsp3) is 0.0714. The fourth-order valence-electron chi connectivity index (χ4n) is 1.52. The number of carbonyl (C=O) groups excluding carboxylic acids is 1. The molecule has 0 atom stereocenters. The Morgan fingerprint density at radius 2 is 1.78 bits per heavy atom. The van der Waals surface area contributed by atoms with Gasteiger partial charge in [0.05, 0.1) is 5.56 Å². The fourth-order valence-corrected chi connectivity index (χ4v) is 1.52. The summed E-state index contributed by atoms with van der Waals surface area (Å²) in [5.41, 5.74) is 0.321. The van der Waals surface area contributed by atoms with Crippen molar-refractivity contribution in [1.29, 1.82) is 0 Å². The van der Waals surface area contributed by atoms with E-state index in [1.54, 1.807) is 18.2 Å². The number of carbonyl (C=O) groups is 1. The van der Waals surface area contributed by atoms with Gasteiger partial charge in [0.25, 0.3) is 0 Å². The molecule has 0 N–H and O–H groups in total. The van der Waals surface area contributed by atoms with Gasteiger partial charge in [0, 0.05) is 6.07 Å². The van der Waals surface area contributed by atoms with E-state index in [0.717, 1.165) is 18.2 Å². The zero-order valence-electron chi connectivity index (χ0n) is 9.61. The van der Waals surface area contributed by atoms with Crippen molar-refractivity contribution in [3.05, 3.63) is 59.7 Å². The molecular formula is C14H10F2O2. The molecule has 2 rings (SSSR count). The monoisotopic (exact) mass is 248 g/mol. The van der Waals surface area contributed by atoms with Crippen LogP contribution >= 0.6 is 0 Å². The molecule has 2 aromatic rings. The number of Topliss-reactive ketones (excluding diaryl/α,β-unsaturated/α-hetero) is 1. The summed E-state index contributed by atoms with van der Waals surface area (Å²) in [5, 5.41) is 0. The van der Waals surface area contributed by atoms with Crippen LogP contribution in [0.5, 0.6) is 11.5 Å². The molecule has 0 aliphatic rings. The van der Waals surface area contributed by atoms with Gasteiger partial charge in [-0.2, -0.15) is 0 Å². The minimum absolute atomic E-state index is 0.203. The molecule has 0 amide bonds. The molecule has 2 aromatic carbocycles. The van der Waals surface area contributed by atoms with Crippen molar-refractivity contribution >= 4 is 5.78 Å². The third-order valence-corrected chi connectivity index (χ3v) is 2.38. The first-order valence-electron chi connectivity index (χ1n) is 5.31. The Hall–Kier alpha value is -2.23. The van der Waals surface area contributed by atoms with Crippen molar-refractivity contribution in [2.75, 3.05) is 0 Å². The topological polar surface area (TPSA) is 26.3 Å². The second-order valence-electron chi connectivity index (χ2n) is 3.73. The maximum absolute atomic E-state index is 13.4. The molecule has 0 unspecified atom stereocenters. The molecule has 0 radical (unpaired) electrons. The summed E-state index contributed by atoms with van der Waals surface area (Å²) in [6, 6.07) is 9.33. The molecule has 0 aromatic heterocycles. The van der Waals surface area contributed by atoms with E-state index in [9.17, 15) is 13.6 Å². The second kappa shape index (κ2) is 4.96. The molecule has 0 heterocycles. The van der Waals surface area contributed by atoms with Crippen molar-refractivity contribution < 1.29 is 18.3 Å². The number of halogens is 2. The van der Waals surface area contributed by atoms with Gasteiger partial charge in [0.15, 0.2) is 17.3 Å². The maximum atomic E-state index is 13.4. The van der Waals surface area contributed by atoms with Gasteiger partial charge in [0.2, 0.25) is 0 Å². The molecule has 0 saturated heterocycles. The van der Waals surface area contributed by atoms with Crippen LogP contribution in [0.25, 0.3) is 0 Å². The van der Waals surface area contributed by atoms with E-state index in [-0.39, 0.29) is 17.3 Å². The van der Waals surface area contributed by atoms with Crippen molar-refractivity contribution in [2.24, 2.45) is 0 Å². The highest BCUT2D eigenvalue weighted by molar-refractivity contribution is 5.96. The first-order valence-corrected chi connectivity index (χ1v) is 5.31. The molecule has 2 nitrogen and oxygen atoms in total. The van der Waals surface area contributed by atoms with E-state index in [1.807, 2.05) is 0 Å². The van der Waals surface area contributed by atoms with Crippen molar-refractivity contribution in [2.45, 2.75) is 6.92 Å². The molecule has 0 fully saturated rings. The minimum Gasteiger partial charge on any atom is -0.453 e. The van der Waals surface area contributed by atoms with Gasteiger partial charge in [-0.25, -0.2) is 8.78 Å². The van der Waals surface area contributed by atoms with Gasteiger partial charge < -0.3 is 4.74 Å². The normalized spacial score (nSPS) is 10.2. The van der Waals surface area contributed by atoms with Crippen LogP contribution in [0.1, 0.15) is 17.3 Å². The van der Waals surface area contributed by atoms with E-state index in [0.29, 0.717) is 5.56 Å². The Kier molecular flexibility index (Phi) is 3.37. The van der Waals surface area contributed by atoms with Crippen LogP contribution in [-0.4, -0.2) is 5.78 Å². The number of benzene rings is 2. The van der Waals surface area contributed by atoms with Crippen LogP contribution in [0.15, 0.2) is 42.5 Å². The Labute approximate surface area is 103 Å². The smallest absolute Gasteiger partial charge is 0.166 e. The number of ketones is 1. The quantitative estimate of drug-likeness (QED) is 0.768. The molecule has 92 valence electrons.